The van der Waals surface area contributed by atoms with E-state index in [2.05, 4.69) is 67.8 Å². The summed E-state index contributed by atoms with van der Waals surface area (Å²) in [6, 6.07) is 0. The first-order valence-corrected chi connectivity index (χ1v) is 7.59. The van der Waals surface area contributed by atoms with E-state index in [0.717, 1.165) is 16.7 Å². The van der Waals surface area contributed by atoms with E-state index in [0.29, 0.717) is 19.6 Å². The van der Waals surface area contributed by atoms with Gasteiger partial charge in [0.05, 0.1) is 0 Å². The maximum Gasteiger partial charge on any atom is 0.0241 e. The Labute approximate surface area is 130 Å². The smallest absolute Gasteiger partial charge is 0.0241 e. The topological polar surface area (TPSA) is 78.1 Å². The second kappa shape index (κ2) is 6.28. The van der Waals surface area contributed by atoms with E-state index in [4.69, 9.17) is 17.2 Å². The molecule has 0 aliphatic heterocycles. The van der Waals surface area contributed by atoms with Crippen LogP contribution in [0.25, 0.3) is 0 Å². The van der Waals surface area contributed by atoms with Crippen LogP contribution in [0, 0.1) is 10.7 Å². The first-order valence-electron chi connectivity index (χ1n) is 4.35. The Hall–Kier alpha value is 1.29. The third-order valence-corrected chi connectivity index (χ3v) is 6.11. The van der Waals surface area contributed by atoms with Crippen molar-refractivity contribution in [2.24, 2.45) is 17.2 Å². The Morgan fingerprint density at radius 2 is 0.800 bits per heavy atom. The van der Waals surface area contributed by atoms with Gasteiger partial charge in [-0.3, -0.25) is 0 Å². The zero-order valence-corrected chi connectivity index (χ0v) is 14.5. The fourth-order valence-corrected chi connectivity index (χ4v) is 5.86. The highest BCUT2D eigenvalue weighted by Gasteiger charge is 2.17. The van der Waals surface area contributed by atoms with E-state index in [1.54, 1.807) is 0 Å². The summed E-state index contributed by atoms with van der Waals surface area (Å²) < 4.78 is 3.55. The van der Waals surface area contributed by atoms with Crippen LogP contribution >= 0.6 is 67.8 Å². The van der Waals surface area contributed by atoms with Crippen LogP contribution in [0.2, 0.25) is 0 Å². The summed E-state index contributed by atoms with van der Waals surface area (Å²) in [6.07, 6.45) is 0. The molecule has 1 aromatic carbocycles. The SMILES string of the molecule is NCc1c(I)c(CN)c(I)c(CN)c1I. The van der Waals surface area contributed by atoms with Crippen LogP contribution in [0.5, 0.6) is 0 Å². The zero-order chi connectivity index (χ0) is 11.6. The molecule has 1 aromatic rings. The zero-order valence-electron chi connectivity index (χ0n) is 7.99. The van der Waals surface area contributed by atoms with Crippen molar-refractivity contribution in [3.05, 3.63) is 27.4 Å². The summed E-state index contributed by atoms with van der Waals surface area (Å²) in [4.78, 5) is 0. The van der Waals surface area contributed by atoms with Crippen LogP contribution in [0.4, 0.5) is 0 Å². The second-order valence-corrected chi connectivity index (χ2v) is 6.23. The maximum atomic E-state index is 5.76. The van der Waals surface area contributed by atoms with Gasteiger partial charge >= 0.3 is 0 Å². The van der Waals surface area contributed by atoms with E-state index in [9.17, 15) is 0 Å². The monoisotopic (exact) mass is 543 g/mol. The highest BCUT2D eigenvalue weighted by atomic mass is 127. The molecule has 0 aliphatic rings. The molecule has 0 saturated heterocycles. The highest BCUT2D eigenvalue weighted by Crippen LogP contribution is 2.31. The Morgan fingerprint density at radius 1 is 0.600 bits per heavy atom. The molecular formula is C9H12I3N3. The van der Waals surface area contributed by atoms with E-state index in [1.807, 2.05) is 0 Å². The largest absolute Gasteiger partial charge is 0.326 e. The molecule has 6 N–H and O–H groups in total. The number of rotatable bonds is 3. The number of nitrogens with two attached hydrogens (primary N) is 3. The first kappa shape index (κ1) is 14.4. The van der Waals surface area contributed by atoms with Crippen molar-refractivity contribution < 1.29 is 0 Å². The minimum Gasteiger partial charge on any atom is -0.326 e. The quantitative estimate of drug-likeness (QED) is 0.511. The standard InChI is InChI=1S/C9H12I3N3/c10-7-4(1-13)8(11)6(3-15)9(12)5(7)2-14/h1-3,13-15H2. The first-order chi connectivity index (χ1) is 7.08. The van der Waals surface area contributed by atoms with Crippen molar-refractivity contribution in [2.45, 2.75) is 19.6 Å². The van der Waals surface area contributed by atoms with Gasteiger partial charge in [-0.15, -0.1) is 0 Å². The average molecular weight is 543 g/mol. The summed E-state index contributed by atoms with van der Waals surface area (Å²) in [7, 11) is 0. The van der Waals surface area contributed by atoms with Gasteiger partial charge in [0.15, 0.2) is 0 Å². The van der Waals surface area contributed by atoms with Gasteiger partial charge in [-0.1, -0.05) is 0 Å². The molecule has 0 aromatic heterocycles. The van der Waals surface area contributed by atoms with Crippen molar-refractivity contribution in [3.63, 3.8) is 0 Å². The van der Waals surface area contributed by atoms with Crippen LogP contribution in [-0.2, 0) is 19.6 Å². The van der Waals surface area contributed by atoms with E-state index < -0.39 is 0 Å². The molecule has 0 spiro atoms. The van der Waals surface area contributed by atoms with Gasteiger partial charge in [0.25, 0.3) is 0 Å². The molecule has 0 aliphatic carbocycles. The molecule has 0 fully saturated rings. The van der Waals surface area contributed by atoms with Crippen LogP contribution in [0.15, 0.2) is 0 Å². The molecule has 0 heterocycles. The predicted molar refractivity (Wildman–Crippen MR) is 88.3 cm³/mol. The molecule has 0 unspecified atom stereocenters. The number of benzene rings is 1. The summed E-state index contributed by atoms with van der Waals surface area (Å²) in [5.74, 6) is 0. The van der Waals surface area contributed by atoms with Crippen LogP contribution in [0.1, 0.15) is 16.7 Å². The summed E-state index contributed by atoms with van der Waals surface area (Å²) in [6.45, 7) is 1.61. The van der Waals surface area contributed by atoms with Gasteiger partial charge in [0.2, 0.25) is 0 Å². The fourth-order valence-electron chi connectivity index (χ4n) is 1.37. The Morgan fingerprint density at radius 3 is 0.933 bits per heavy atom. The normalized spacial score (nSPS) is 10.8. The molecule has 0 bridgehead atoms. The highest BCUT2D eigenvalue weighted by molar-refractivity contribution is 14.1. The van der Waals surface area contributed by atoms with Crippen LogP contribution in [0.3, 0.4) is 0 Å². The Bertz CT molecular complexity index is 301. The minimum atomic E-state index is 0.535. The maximum absolute atomic E-state index is 5.76. The van der Waals surface area contributed by atoms with Crippen molar-refractivity contribution in [3.8, 4) is 0 Å². The summed E-state index contributed by atoms with van der Waals surface area (Å²) in [5.41, 5.74) is 20.8. The van der Waals surface area contributed by atoms with Gasteiger partial charge in [-0.25, -0.2) is 0 Å². The minimum absolute atomic E-state index is 0.535. The number of hydrogen-bond acceptors (Lipinski definition) is 3. The number of halogens is 3. The van der Waals surface area contributed by atoms with Crippen molar-refractivity contribution >= 4 is 67.8 Å². The van der Waals surface area contributed by atoms with Crippen LogP contribution < -0.4 is 17.2 Å². The van der Waals surface area contributed by atoms with E-state index >= 15 is 0 Å². The molecule has 0 radical (unpaired) electrons. The Balaban J connectivity index is 3.57. The lowest BCUT2D eigenvalue weighted by atomic mass is 10.1. The molecule has 6 heteroatoms. The molecule has 84 valence electrons. The predicted octanol–water partition coefficient (Wildman–Crippen LogP) is 1.88. The summed E-state index contributed by atoms with van der Waals surface area (Å²) >= 11 is 6.94. The van der Waals surface area contributed by atoms with Gasteiger partial charge in [-0.2, -0.15) is 0 Å². The third kappa shape index (κ3) is 2.76. The van der Waals surface area contributed by atoms with Gasteiger partial charge < -0.3 is 17.2 Å². The lowest BCUT2D eigenvalue weighted by molar-refractivity contribution is 0.948. The van der Waals surface area contributed by atoms with E-state index in [-0.39, 0.29) is 0 Å². The second-order valence-electron chi connectivity index (χ2n) is 2.99. The van der Waals surface area contributed by atoms with Crippen LogP contribution in [-0.4, -0.2) is 0 Å². The van der Waals surface area contributed by atoms with Crippen molar-refractivity contribution in [1.29, 1.82) is 0 Å². The van der Waals surface area contributed by atoms with Crippen molar-refractivity contribution in [1.82, 2.24) is 0 Å². The molecule has 0 atom stereocenters. The summed E-state index contributed by atoms with van der Waals surface area (Å²) in [5, 5.41) is 0. The van der Waals surface area contributed by atoms with Gasteiger partial charge in [0, 0.05) is 30.3 Å². The molecule has 1 rings (SSSR count). The number of hydrogen-bond donors (Lipinski definition) is 3. The third-order valence-electron chi connectivity index (χ3n) is 2.20. The Kier molecular flexibility index (Phi) is 6.01. The molecule has 15 heavy (non-hydrogen) atoms. The van der Waals surface area contributed by atoms with Gasteiger partial charge in [-0.05, 0) is 84.5 Å². The van der Waals surface area contributed by atoms with Gasteiger partial charge in [0.1, 0.15) is 0 Å². The fraction of sp³-hybridized carbons (Fsp3) is 0.333. The lowest BCUT2D eigenvalue weighted by Gasteiger charge is -2.16. The molecular weight excluding hydrogens is 531 g/mol. The molecule has 3 nitrogen and oxygen atoms in total. The molecule has 0 saturated carbocycles. The van der Waals surface area contributed by atoms with E-state index in [1.165, 1.54) is 10.7 Å². The molecule has 0 amide bonds. The lowest BCUT2D eigenvalue weighted by Crippen LogP contribution is -2.15. The van der Waals surface area contributed by atoms with Crippen molar-refractivity contribution in [2.75, 3.05) is 0 Å². The average Bonchev–Trinajstić information content (AvgIpc) is 2.19.